The lowest BCUT2D eigenvalue weighted by Gasteiger charge is -2.22. The van der Waals surface area contributed by atoms with Crippen LogP contribution in [0.1, 0.15) is 185 Å². The van der Waals surface area contributed by atoms with Gasteiger partial charge in [0, 0.05) is 4.47 Å². The van der Waals surface area contributed by atoms with E-state index in [1.807, 2.05) is 0 Å². The van der Waals surface area contributed by atoms with Crippen LogP contribution in [0.4, 0.5) is 0 Å². The van der Waals surface area contributed by atoms with Crippen molar-refractivity contribution in [1.82, 2.24) is 0 Å². The number of unbranched alkanes of at least 4 members (excludes halogenated alkanes) is 17. The molecule has 0 bridgehead atoms. The molecule has 0 N–H and O–H groups in total. The molecule has 0 saturated carbocycles. The number of aryl methyl sites for hydroxylation is 2. The maximum absolute atomic E-state index is 3.62. The third-order valence-electron chi connectivity index (χ3n) is 12.8. The number of hydrogen-bond acceptors (Lipinski definition) is 0. The smallest absolute Gasteiger partial charge is 0.0175 e. The molecule has 5 aromatic rings. The molecule has 0 saturated heterocycles. The minimum atomic E-state index is 0.493. The number of rotatable bonds is 28. The van der Waals surface area contributed by atoms with Gasteiger partial charge in [-0.2, -0.15) is 0 Å². The molecule has 0 amide bonds. The molecule has 0 heterocycles. The van der Waals surface area contributed by atoms with Gasteiger partial charge in [-0.15, -0.1) is 0 Å². The summed E-state index contributed by atoms with van der Waals surface area (Å²) in [6.45, 7) is 9.39. The van der Waals surface area contributed by atoms with Crippen molar-refractivity contribution in [3.63, 3.8) is 0 Å². The van der Waals surface area contributed by atoms with Gasteiger partial charge in [-0.05, 0) is 117 Å². The Morgan fingerprint density at radius 1 is 0.373 bits per heavy atom. The maximum atomic E-state index is 3.62. The first-order valence-electron chi connectivity index (χ1n) is 24.2. The van der Waals surface area contributed by atoms with Gasteiger partial charge in [0.2, 0.25) is 0 Å². The van der Waals surface area contributed by atoms with Crippen LogP contribution < -0.4 is 0 Å². The van der Waals surface area contributed by atoms with Gasteiger partial charge in [0.25, 0.3) is 0 Å². The summed E-state index contributed by atoms with van der Waals surface area (Å²) in [4.78, 5) is 0. The summed E-state index contributed by atoms with van der Waals surface area (Å²) in [5.41, 5.74) is 15.2. The molecule has 1 unspecified atom stereocenters. The van der Waals surface area contributed by atoms with Gasteiger partial charge in [0.1, 0.15) is 0 Å². The molecule has 0 nitrogen and oxygen atoms in total. The molecule has 1 heteroatoms. The second-order valence-corrected chi connectivity index (χ2v) is 18.6. The lowest BCUT2D eigenvalue weighted by atomic mass is 9.82. The van der Waals surface area contributed by atoms with Gasteiger partial charge in [-0.1, -0.05) is 250 Å². The number of halogens is 1. The lowest BCUT2D eigenvalue weighted by molar-refractivity contribution is 0.544. The van der Waals surface area contributed by atoms with Gasteiger partial charge in [-0.25, -0.2) is 0 Å². The highest BCUT2D eigenvalue weighted by atomic mass is 79.9. The van der Waals surface area contributed by atoms with E-state index in [-0.39, 0.29) is 0 Å². The first kappa shape index (κ1) is 46.6. The molecule has 5 rings (SSSR count). The van der Waals surface area contributed by atoms with Crippen molar-refractivity contribution >= 4 is 15.9 Å². The summed E-state index contributed by atoms with van der Waals surface area (Å²) in [7, 11) is 0. The Balaban J connectivity index is 1.42. The average Bonchev–Trinajstić information content (AvgIpc) is 3.27. The fraction of sp³-hybridized carbons (Fsp3) is 0.483. The highest BCUT2D eigenvalue weighted by Crippen LogP contribution is 2.40. The molecule has 59 heavy (non-hydrogen) atoms. The van der Waals surface area contributed by atoms with Crippen LogP contribution in [0.15, 0.2) is 114 Å². The summed E-state index contributed by atoms with van der Waals surface area (Å²) in [6, 6.07) is 42.2. The van der Waals surface area contributed by atoms with Crippen LogP contribution >= 0.6 is 15.9 Å². The quantitative estimate of drug-likeness (QED) is 0.0440. The third-order valence-corrected chi connectivity index (χ3v) is 13.3. The molecule has 0 aliphatic heterocycles. The predicted octanol–water partition coefficient (Wildman–Crippen LogP) is 19.6. The maximum Gasteiger partial charge on any atom is 0.0175 e. The van der Waals surface area contributed by atoms with Gasteiger partial charge in [-0.3, -0.25) is 0 Å². The Morgan fingerprint density at radius 2 is 0.763 bits per heavy atom. The molecule has 0 fully saturated rings. The Morgan fingerprint density at radius 3 is 1.25 bits per heavy atom. The fourth-order valence-corrected chi connectivity index (χ4v) is 9.17. The topological polar surface area (TPSA) is 0 Å². The van der Waals surface area contributed by atoms with Crippen LogP contribution in [0, 0.1) is 0 Å². The lowest BCUT2D eigenvalue weighted by Crippen LogP contribution is -2.02. The molecular formula is C58H77Br. The monoisotopic (exact) mass is 853 g/mol. The Kier molecular flexibility index (Phi) is 21.1. The Bertz CT molecular complexity index is 1860. The Labute approximate surface area is 370 Å². The van der Waals surface area contributed by atoms with Crippen molar-refractivity contribution in [3.05, 3.63) is 130 Å². The van der Waals surface area contributed by atoms with Crippen LogP contribution in [0.5, 0.6) is 0 Å². The standard InChI is InChI=1S/C58H77Br/c1-5-8-11-13-15-17-18-20-22-24-27-54-44-58(53-38-34-49(35-39-53)48-30-28-47(29-31-48)26-10-7-3)56(46(4)25-23-21-19-16-14-12-9-6-2)45-57(54)52-36-32-50(33-37-52)51-40-42-55(59)43-41-51/h28-46H,5-27H2,1-4H3. The fourth-order valence-electron chi connectivity index (χ4n) is 8.91. The average molecular weight is 854 g/mol. The minimum absolute atomic E-state index is 0.493. The minimum Gasteiger partial charge on any atom is -0.0654 e. The van der Waals surface area contributed by atoms with E-state index < -0.39 is 0 Å². The van der Waals surface area contributed by atoms with E-state index in [4.69, 9.17) is 0 Å². The van der Waals surface area contributed by atoms with Crippen molar-refractivity contribution in [1.29, 1.82) is 0 Å². The molecule has 5 aromatic carbocycles. The molecular weight excluding hydrogens is 777 g/mol. The third kappa shape index (κ3) is 15.5. The molecule has 316 valence electrons. The summed E-state index contributed by atoms with van der Waals surface area (Å²) in [5.74, 6) is 0.493. The van der Waals surface area contributed by atoms with Gasteiger partial charge in [0.15, 0.2) is 0 Å². The van der Waals surface area contributed by atoms with Crippen molar-refractivity contribution < 1.29 is 0 Å². The summed E-state index contributed by atoms with van der Waals surface area (Å²) >= 11 is 3.62. The van der Waals surface area contributed by atoms with Crippen LogP contribution in [-0.4, -0.2) is 0 Å². The van der Waals surface area contributed by atoms with Gasteiger partial charge < -0.3 is 0 Å². The number of benzene rings is 5. The van der Waals surface area contributed by atoms with Gasteiger partial charge >= 0.3 is 0 Å². The normalized spacial score (nSPS) is 11.9. The second-order valence-electron chi connectivity index (χ2n) is 17.7. The summed E-state index contributed by atoms with van der Waals surface area (Å²) in [5, 5.41) is 0. The van der Waals surface area contributed by atoms with E-state index in [0.717, 1.165) is 10.9 Å². The van der Waals surface area contributed by atoms with E-state index in [2.05, 4.69) is 153 Å². The Hall–Kier alpha value is -3.42. The first-order valence-corrected chi connectivity index (χ1v) is 25.0. The first-order chi connectivity index (χ1) is 29.0. The van der Waals surface area contributed by atoms with Crippen molar-refractivity contribution in [2.45, 2.75) is 181 Å². The van der Waals surface area contributed by atoms with Crippen LogP contribution in [0.25, 0.3) is 44.5 Å². The summed E-state index contributed by atoms with van der Waals surface area (Å²) < 4.78 is 1.12. The zero-order valence-electron chi connectivity index (χ0n) is 37.6. The largest absolute Gasteiger partial charge is 0.0654 e. The second kappa shape index (κ2) is 26.7. The van der Waals surface area contributed by atoms with E-state index in [1.165, 1.54) is 202 Å². The van der Waals surface area contributed by atoms with E-state index in [9.17, 15) is 0 Å². The van der Waals surface area contributed by atoms with Crippen LogP contribution in [0.3, 0.4) is 0 Å². The van der Waals surface area contributed by atoms with Crippen LogP contribution in [0.2, 0.25) is 0 Å². The highest BCUT2D eigenvalue weighted by molar-refractivity contribution is 9.10. The van der Waals surface area contributed by atoms with Crippen LogP contribution in [-0.2, 0) is 12.8 Å². The molecule has 0 radical (unpaired) electrons. The van der Waals surface area contributed by atoms with Crippen molar-refractivity contribution in [2.24, 2.45) is 0 Å². The highest BCUT2D eigenvalue weighted by Gasteiger charge is 2.18. The molecule has 0 aromatic heterocycles. The van der Waals surface area contributed by atoms with E-state index >= 15 is 0 Å². The summed E-state index contributed by atoms with van der Waals surface area (Å²) in [6.07, 6.45) is 30.6. The van der Waals surface area contributed by atoms with Gasteiger partial charge in [0.05, 0.1) is 0 Å². The number of hydrogen-bond donors (Lipinski definition) is 0. The zero-order valence-corrected chi connectivity index (χ0v) is 39.2. The van der Waals surface area contributed by atoms with Crippen molar-refractivity contribution in [2.75, 3.05) is 0 Å². The molecule has 1 atom stereocenters. The SMILES string of the molecule is CCCCCCCCCCCCc1cc(-c2ccc(-c3ccc(CCCC)cc3)cc2)c(C(C)CCCCCCCCCC)cc1-c1ccc(-c2ccc(Br)cc2)cc1. The van der Waals surface area contributed by atoms with E-state index in [0.29, 0.717) is 5.92 Å². The van der Waals surface area contributed by atoms with E-state index in [1.54, 1.807) is 0 Å². The molecule has 0 aliphatic rings. The predicted molar refractivity (Wildman–Crippen MR) is 266 cm³/mol. The molecule has 0 aliphatic carbocycles. The molecule has 0 spiro atoms. The zero-order chi connectivity index (χ0) is 41.5. The van der Waals surface area contributed by atoms with Crippen molar-refractivity contribution in [3.8, 4) is 44.5 Å².